The number of fused-ring (bicyclic) bond motifs is 3. The van der Waals surface area contributed by atoms with E-state index < -0.39 is 16.1 Å². The van der Waals surface area contributed by atoms with Crippen LogP contribution in [0.3, 0.4) is 0 Å². The number of aliphatic hydroxyl groups excluding tert-OH is 1. The van der Waals surface area contributed by atoms with Crippen LogP contribution in [0.2, 0.25) is 26.2 Å². The SMILES string of the molecule is CCC(CC)C(=O)/C=C(\O)C(CC)CC.C[Si]1(C)c2cc3ccccc3nc2-c2[c-]ccc3c2-c2c1cccc2[Si]3(C)C.[Ir]. The number of aliphatic hydroxyl groups is 1. The first-order valence-electron chi connectivity index (χ1n) is 16.1. The summed E-state index contributed by atoms with van der Waals surface area (Å²) in [6.45, 7) is 18.1. The van der Waals surface area contributed by atoms with Gasteiger partial charge in [-0.05, 0) is 42.8 Å². The van der Waals surface area contributed by atoms with Crippen LogP contribution in [-0.4, -0.2) is 32.0 Å². The van der Waals surface area contributed by atoms with Crippen LogP contribution in [0.1, 0.15) is 53.4 Å². The van der Waals surface area contributed by atoms with Gasteiger partial charge in [0.25, 0.3) is 0 Å². The van der Waals surface area contributed by atoms with Gasteiger partial charge in [0.15, 0.2) is 5.78 Å². The monoisotopic (exact) mass is 797 g/mol. The third-order valence-electron chi connectivity index (χ3n) is 10.0. The van der Waals surface area contributed by atoms with E-state index in [2.05, 4.69) is 92.9 Å². The van der Waals surface area contributed by atoms with Crippen molar-refractivity contribution in [2.75, 3.05) is 0 Å². The molecule has 2 aliphatic heterocycles. The molecule has 2 aliphatic rings. The Morgan fingerprint density at radius 2 is 1.36 bits per heavy atom. The number of rotatable bonds is 7. The molecule has 3 aromatic carbocycles. The number of ketones is 1. The molecule has 0 bridgehead atoms. The minimum atomic E-state index is -1.92. The van der Waals surface area contributed by atoms with E-state index in [1.54, 1.807) is 15.6 Å². The van der Waals surface area contributed by atoms with Gasteiger partial charge < -0.3 is 5.11 Å². The fourth-order valence-corrected chi connectivity index (χ4v) is 13.3. The van der Waals surface area contributed by atoms with E-state index in [-0.39, 0.29) is 43.5 Å². The number of nitrogens with zero attached hydrogens (tertiary/aromatic N) is 1. The average Bonchev–Trinajstić information content (AvgIpc) is 3.20. The van der Waals surface area contributed by atoms with E-state index in [1.807, 2.05) is 27.7 Å². The predicted octanol–water partition coefficient (Wildman–Crippen LogP) is 7.51. The maximum absolute atomic E-state index is 11.7. The fourth-order valence-electron chi connectivity index (χ4n) is 7.18. The molecule has 1 N–H and O–H groups in total. The minimum absolute atomic E-state index is 0. The molecule has 0 aliphatic carbocycles. The van der Waals surface area contributed by atoms with E-state index in [0.29, 0.717) is 0 Å². The van der Waals surface area contributed by atoms with Crippen molar-refractivity contribution in [1.29, 1.82) is 0 Å². The second-order valence-corrected chi connectivity index (χ2v) is 21.8. The zero-order chi connectivity index (χ0) is 31.1. The largest absolute Gasteiger partial charge is 0.512 e. The number of carbonyl (C=O) groups excluding carboxylic acids is 1. The first-order chi connectivity index (χ1) is 20.5. The Kier molecular flexibility index (Phi) is 10.4. The molecule has 1 radical (unpaired) electrons. The zero-order valence-electron chi connectivity index (χ0n) is 27.5. The summed E-state index contributed by atoms with van der Waals surface area (Å²) in [5.41, 5.74) is 6.44. The summed E-state index contributed by atoms with van der Waals surface area (Å²) in [5.74, 6) is 0.547. The summed E-state index contributed by atoms with van der Waals surface area (Å²) < 4.78 is 0. The summed E-state index contributed by atoms with van der Waals surface area (Å²) in [6, 6.07) is 26.1. The third kappa shape index (κ3) is 5.75. The van der Waals surface area contributed by atoms with Gasteiger partial charge in [0.1, 0.15) is 8.07 Å². The van der Waals surface area contributed by atoms with E-state index in [9.17, 15) is 9.90 Å². The molecule has 233 valence electrons. The number of hydrogen-bond donors (Lipinski definition) is 1. The topological polar surface area (TPSA) is 50.2 Å². The second-order valence-electron chi connectivity index (χ2n) is 13.2. The first kappa shape index (κ1) is 34.2. The van der Waals surface area contributed by atoms with Gasteiger partial charge in [-0.1, -0.05) is 123 Å². The van der Waals surface area contributed by atoms with Crippen LogP contribution in [0.4, 0.5) is 0 Å². The van der Waals surface area contributed by atoms with Crippen molar-refractivity contribution < 1.29 is 30.0 Å². The first-order valence-corrected chi connectivity index (χ1v) is 22.1. The van der Waals surface area contributed by atoms with Gasteiger partial charge in [0, 0.05) is 38.0 Å². The molecule has 6 rings (SSSR count). The molecular weight excluding hydrogens is 751 g/mol. The Balaban J connectivity index is 0.000000239. The minimum Gasteiger partial charge on any atom is -0.512 e. The van der Waals surface area contributed by atoms with Crippen molar-refractivity contribution >= 4 is 53.6 Å². The molecular formula is C38H46IrNO2Si2-. The van der Waals surface area contributed by atoms with Crippen molar-refractivity contribution in [3.63, 3.8) is 0 Å². The van der Waals surface area contributed by atoms with Crippen molar-refractivity contribution in [2.45, 2.75) is 79.6 Å². The van der Waals surface area contributed by atoms with E-state index in [1.165, 1.54) is 39.0 Å². The van der Waals surface area contributed by atoms with Gasteiger partial charge in [-0.15, -0.1) is 28.9 Å². The fraction of sp³-hybridized carbons (Fsp3) is 0.368. The Hall–Kier alpha value is -2.64. The normalized spacial score (nSPS) is 15.2. The van der Waals surface area contributed by atoms with Crippen molar-refractivity contribution in [3.05, 3.63) is 78.6 Å². The number of allylic oxidation sites excluding steroid dienone is 2. The zero-order valence-corrected chi connectivity index (χ0v) is 31.9. The molecule has 0 fully saturated rings. The number of para-hydroxylation sites is 1. The number of aromatic nitrogens is 1. The van der Waals surface area contributed by atoms with Crippen LogP contribution >= 0.6 is 0 Å². The average molecular weight is 797 g/mol. The quantitative estimate of drug-likeness (QED) is 0.0913. The van der Waals surface area contributed by atoms with Crippen molar-refractivity contribution in [3.8, 4) is 22.4 Å². The van der Waals surface area contributed by atoms with Crippen LogP contribution in [0, 0.1) is 17.9 Å². The van der Waals surface area contributed by atoms with Gasteiger partial charge in [-0.25, -0.2) is 0 Å². The van der Waals surface area contributed by atoms with E-state index in [0.717, 1.165) is 31.2 Å². The molecule has 0 saturated heterocycles. The second kappa shape index (κ2) is 13.4. The van der Waals surface area contributed by atoms with Gasteiger partial charge in [-0.3, -0.25) is 9.78 Å². The predicted molar refractivity (Wildman–Crippen MR) is 189 cm³/mol. The molecule has 0 saturated carbocycles. The van der Waals surface area contributed by atoms with Crippen LogP contribution in [0.5, 0.6) is 0 Å². The molecule has 0 amide bonds. The molecule has 3 nitrogen and oxygen atoms in total. The number of hydrogen-bond acceptors (Lipinski definition) is 3. The molecule has 6 heteroatoms. The summed E-state index contributed by atoms with van der Waals surface area (Å²) in [4.78, 5) is 16.9. The maximum atomic E-state index is 11.7. The Morgan fingerprint density at radius 1 is 0.795 bits per heavy atom. The van der Waals surface area contributed by atoms with Gasteiger partial charge in [0.2, 0.25) is 0 Å². The Labute approximate surface area is 279 Å². The maximum Gasteiger partial charge on any atom is 0.162 e. The van der Waals surface area contributed by atoms with Crippen LogP contribution in [0.25, 0.3) is 33.3 Å². The summed E-state index contributed by atoms with van der Waals surface area (Å²) in [7, 11) is -3.61. The standard InChI is InChI=1S/C25H22NSi2.C13H24O2.Ir/c1-27(2)19-12-7-10-17-23(19)24-20(27)13-8-14-21(24)28(3,4)22-15-16-9-5-6-11-18(16)26-25(17)22;1-5-10(6-2)12(14)9-13(15)11(7-3)8-4;/h5-9,11-15H,1-4H3;9-11,14H,5-8H2,1-4H3;/q-1;;/b;12-9-;. The van der Waals surface area contributed by atoms with Gasteiger partial charge in [-0.2, -0.15) is 0 Å². The summed E-state index contributed by atoms with van der Waals surface area (Å²) >= 11 is 0. The molecule has 1 aromatic heterocycles. The molecule has 4 aromatic rings. The molecule has 44 heavy (non-hydrogen) atoms. The van der Waals surface area contributed by atoms with Crippen molar-refractivity contribution in [2.24, 2.45) is 11.8 Å². The van der Waals surface area contributed by atoms with Crippen LogP contribution in [-0.2, 0) is 24.9 Å². The molecule has 0 spiro atoms. The summed E-state index contributed by atoms with van der Waals surface area (Å²) in [5, 5.41) is 17.2. The van der Waals surface area contributed by atoms with Crippen molar-refractivity contribution in [1.82, 2.24) is 4.98 Å². The molecule has 3 heterocycles. The van der Waals surface area contributed by atoms with Gasteiger partial charge in [0.05, 0.1) is 19.3 Å². The smallest absolute Gasteiger partial charge is 0.162 e. The number of pyridine rings is 1. The Morgan fingerprint density at radius 3 is 1.98 bits per heavy atom. The third-order valence-corrected chi connectivity index (χ3v) is 17.1. The Bertz CT molecular complexity index is 1720. The van der Waals surface area contributed by atoms with E-state index >= 15 is 0 Å². The number of benzene rings is 3. The number of carbonyl (C=O) groups is 1. The van der Waals surface area contributed by atoms with Crippen LogP contribution < -0.4 is 20.7 Å². The van der Waals surface area contributed by atoms with Crippen LogP contribution in [0.15, 0.2) is 72.5 Å². The molecule has 0 atom stereocenters. The van der Waals surface area contributed by atoms with E-state index in [4.69, 9.17) is 4.98 Å². The molecule has 0 unspecified atom stereocenters. The van der Waals surface area contributed by atoms with Gasteiger partial charge >= 0.3 is 0 Å². The summed E-state index contributed by atoms with van der Waals surface area (Å²) in [6.07, 6.45) is 4.91.